The van der Waals surface area contributed by atoms with Gasteiger partial charge in [-0.3, -0.25) is 24.3 Å². The molecule has 1 atom stereocenters. The molecule has 4 rings (SSSR count). The van der Waals surface area contributed by atoms with E-state index in [-0.39, 0.29) is 30.3 Å². The summed E-state index contributed by atoms with van der Waals surface area (Å²) in [4.78, 5) is 46.1. The first-order valence-electron chi connectivity index (χ1n) is 11.9. The summed E-state index contributed by atoms with van der Waals surface area (Å²) in [7, 11) is 0. The number of aryl methyl sites for hydroxylation is 1. The van der Waals surface area contributed by atoms with E-state index in [0.717, 1.165) is 31.2 Å². The molecule has 182 valence electrons. The highest BCUT2D eigenvalue weighted by Gasteiger charge is 2.34. The van der Waals surface area contributed by atoms with Crippen molar-refractivity contribution >= 4 is 34.7 Å². The number of hydrogen-bond donors (Lipinski definition) is 2. The Morgan fingerprint density at radius 1 is 1.03 bits per heavy atom. The van der Waals surface area contributed by atoms with E-state index in [1.54, 1.807) is 36.7 Å². The van der Waals surface area contributed by atoms with Gasteiger partial charge in [0, 0.05) is 24.1 Å². The number of para-hydroxylation sites is 1. The lowest BCUT2D eigenvalue weighted by atomic mass is 9.94. The topological polar surface area (TPSA) is 91.4 Å². The van der Waals surface area contributed by atoms with Gasteiger partial charge in [-0.05, 0) is 60.5 Å². The van der Waals surface area contributed by atoms with Crippen LogP contribution in [0.15, 0.2) is 66.3 Å². The number of carbonyl (C=O) groups is 3. The lowest BCUT2D eigenvalue weighted by Gasteiger charge is -2.34. The second-order valence-electron chi connectivity index (χ2n) is 8.74. The van der Waals surface area contributed by atoms with Crippen LogP contribution in [0.3, 0.4) is 0 Å². The zero-order chi connectivity index (χ0) is 24.6. The zero-order valence-electron chi connectivity index (χ0n) is 19.8. The molecule has 0 unspecified atom stereocenters. The van der Waals surface area contributed by atoms with Crippen LogP contribution in [0.1, 0.15) is 58.9 Å². The van der Waals surface area contributed by atoms with E-state index in [1.165, 1.54) is 22.7 Å². The molecule has 1 aliphatic rings. The van der Waals surface area contributed by atoms with Gasteiger partial charge in [0.25, 0.3) is 5.91 Å². The van der Waals surface area contributed by atoms with E-state index in [4.69, 9.17) is 0 Å². The van der Waals surface area contributed by atoms with Gasteiger partial charge in [0.05, 0.1) is 11.4 Å². The molecule has 0 bridgehead atoms. The number of pyridine rings is 1. The number of carbonyl (C=O) groups excluding carboxylic acids is 3. The average Bonchev–Trinajstić information content (AvgIpc) is 3.42. The molecule has 3 aromatic rings. The SMILES string of the molecule is Cc1ccccc1N(C(=O)CNC(=O)c1cccs1)[C@H](C(=O)NC1CCCCC1)c1ccncc1. The number of hydrogen-bond acceptors (Lipinski definition) is 5. The van der Waals surface area contributed by atoms with Gasteiger partial charge < -0.3 is 10.6 Å². The van der Waals surface area contributed by atoms with Crippen LogP contribution < -0.4 is 15.5 Å². The third kappa shape index (κ3) is 6.14. The van der Waals surface area contributed by atoms with Crippen LogP contribution in [0.2, 0.25) is 0 Å². The molecule has 0 spiro atoms. The Bertz CT molecular complexity index is 1140. The van der Waals surface area contributed by atoms with E-state index in [1.807, 2.05) is 36.6 Å². The summed E-state index contributed by atoms with van der Waals surface area (Å²) in [6.45, 7) is 1.67. The third-order valence-corrected chi connectivity index (χ3v) is 7.14. The molecule has 0 aliphatic heterocycles. The third-order valence-electron chi connectivity index (χ3n) is 6.27. The standard InChI is InChI=1S/C27H30N4O3S/c1-19-8-5-6-11-22(19)31(24(32)18-29-26(33)23-12-7-17-35-23)25(20-13-15-28-16-14-20)27(34)30-21-9-3-2-4-10-21/h5-8,11-17,21,25H,2-4,9-10,18H2,1H3,(H,29,33)(H,30,34)/t25-/m0/s1. The smallest absolute Gasteiger partial charge is 0.261 e. The van der Waals surface area contributed by atoms with Gasteiger partial charge in [-0.1, -0.05) is 43.5 Å². The monoisotopic (exact) mass is 490 g/mol. The molecule has 1 aliphatic carbocycles. The first-order valence-corrected chi connectivity index (χ1v) is 12.8. The second-order valence-corrected chi connectivity index (χ2v) is 9.68. The molecular weight excluding hydrogens is 460 g/mol. The Hall–Kier alpha value is -3.52. The number of nitrogens with zero attached hydrogens (tertiary/aromatic N) is 2. The van der Waals surface area contributed by atoms with Crippen molar-refractivity contribution in [3.05, 3.63) is 82.3 Å². The Labute approximate surface area is 209 Å². The number of anilines is 1. The lowest BCUT2D eigenvalue weighted by molar-refractivity contribution is -0.127. The molecule has 0 saturated heterocycles. The van der Waals surface area contributed by atoms with Crippen molar-refractivity contribution in [2.45, 2.75) is 51.1 Å². The molecular formula is C27H30N4O3S. The number of thiophene rings is 1. The van der Waals surface area contributed by atoms with Crippen LogP contribution in [0.25, 0.3) is 0 Å². The summed E-state index contributed by atoms with van der Waals surface area (Å²) < 4.78 is 0. The van der Waals surface area contributed by atoms with Crippen molar-refractivity contribution in [2.24, 2.45) is 0 Å². The summed E-state index contributed by atoms with van der Waals surface area (Å²) in [5, 5.41) is 7.72. The van der Waals surface area contributed by atoms with Crippen molar-refractivity contribution in [3.8, 4) is 0 Å². The number of aromatic nitrogens is 1. The minimum atomic E-state index is -0.896. The maximum absolute atomic E-state index is 13.8. The van der Waals surface area contributed by atoms with Gasteiger partial charge in [-0.15, -0.1) is 11.3 Å². The maximum atomic E-state index is 13.8. The number of amides is 3. The molecule has 7 nitrogen and oxygen atoms in total. The van der Waals surface area contributed by atoms with Crippen LogP contribution >= 0.6 is 11.3 Å². The second kappa shape index (κ2) is 11.8. The normalized spacial score (nSPS) is 14.7. The van der Waals surface area contributed by atoms with Crippen molar-refractivity contribution in [1.29, 1.82) is 0 Å². The molecule has 2 aromatic heterocycles. The summed E-state index contributed by atoms with van der Waals surface area (Å²) in [5.74, 6) is -0.917. The Morgan fingerprint density at radius 2 is 1.77 bits per heavy atom. The van der Waals surface area contributed by atoms with Gasteiger partial charge in [-0.25, -0.2) is 0 Å². The predicted molar refractivity (Wildman–Crippen MR) is 137 cm³/mol. The van der Waals surface area contributed by atoms with Gasteiger partial charge in [0.1, 0.15) is 6.04 Å². The molecule has 2 heterocycles. The molecule has 2 N–H and O–H groups in total. The van der Waals surface area contributed by atoms with E-state index in [0.29, 0.717) is 16.1 Å². The predicted octanol–water partition coefficient (Wildman–Crippen LogP) is 4.40. The fourth-order valence-corrected chi connectivity index (χ4v) is 5.12. The molecule has 1 aromatic carbocycles. The van der Waals surface area contributed by atoms with E-state index >= 15 is 0 Å². The zero-order valence-corrected chi connectivity index (χ0v) is 20.6. The van der Waals surface area contributed by atoms with Gasteiger partial charge in [0.15, 0.2) is 0 Å². The summed E-state index contributed by atoms with van der Waals surface area (Å²) in [6.07, 6.45) is 8.45. The molecule has 8 heteroatoms. The van der Waals surface area contributed by atoms with Crippen molar-refractivity contribution in [3.63, 3.8) is 0 Å². The summed E-state index contributed by atoms with van der Waals surface area (Å²) in [5.41, 5.74) is 2.15. The fraction of sp³-hybridized carbons (Fsp3) is 0.333. The van der Waals surface area contributed by atoms with Crippen molar-refractivity contribution in [1.82, 2.24) is 15.6 Å². The first-order chi connectivity index (χ1) is 17.0. The minimum Gasteiger partial charge on any atom is -0.351 e. The summed E-state index contributed by atoms with van der Waals surface area (Å²) >= 11 is 1.31. The van der Waals surface area contributed by atoms with Crippen LogP contribution in [0.5, 0.6) is 0 Å². The van der Waals surface area contributed by atoms with Crippen LogP contribution in [-0.2, 0) is 9.59 Å². The number of benzene rings is 1. The lowest BCUT2D eigenvalue weighted by Crippen LogP contribution is -2.50. The largest absolute Gasteiger partial charge is 0.351 e. The van der Waals surface area contributed by atoms with Gasteiger partial charge in [-0.2, -0.15) is 0 Å². The molecule has 1 saturated carbocycles. The molecule has 35 heavy (non-hydrogen) atoms. The number of nitrogens with one attached hydrogen (secondary N) is 2. The minimum absolute atomic E-state index is 0.0907. The van der Waals surface area contributed by atoms with Crippen molar-refractivity contribution < 1.29 is 14.4 Å². The van der Waals surface area contributed by atoms with Crippen LogP contribution in [0, 0.1) is 6.92 Å². The van der Waals surface area contributed by atoms with Crippen molar-refractivity contribution in [2.75, 3.05) is 11.4 Å². The highest BCUT2D eigenvalue weighted by molar-refractivity contribution is 7.12. The quantitative estimate of drug-likeness (QED) is 0.490. The average molecular weight is 491 g/mol. The van der Waals surface area contributed by atoms with Gasteiger partial charge in [0.2, 0.25) is 11.8 Å². The van der Waals surface area contributed by atoms with Crippen LogP contribution in [-0.4, -0.2) is 35.3 Å². The van der Waals surface area contributed by atoms with E-state index in [2.05, 4.69) is 15.6 Å². The fourth-order valence-electron chi connectivity index (χ4n) is 4.48. The summed E-state index contributed by atoms with van der Waals surface area (Å²) in [6, 6.07) is 13.7. The maximum Gasteiger partial charge on any atom is 0.261 e. The Morgan fingerprint density at radius 3 is 2.46 bits per heavy atom. The van der Waals surface area contributed by atoms with Gasteiger partial charge >= 0.3 is 0 Å². The number of rotatable bonds is 8. The highest BCUT2D eigenvalue weighted by Crippen LogP contribution is 2.31. The molecule has 3 amide bonds. The molecule has 0 radical (unpaired) electrons. The first kappa shape index (κ1) is 24.6. The van der Waals surface area contributed by atoms with Crippen LogP contribution in [0.4, 0.5) is 5.69 Å². The van der Waals surface area contributed by atoms with E-state index < -0.39 is 6.04 Å². The molecule has 1 fully saturated rings. The van der Waals surface area contributed by atoms with E-state index in [9.17, 15) is 14.4 Å². The highest BCUT2D eigenvalue weighted by atomic mass is 32.1. The Balaban J connectivity index is 1.67. The Kier molecular flexibility index (Phi) is 8.26.